The Morgan fingerprint density at radius 1 is 0.559 bits per heavy atom. The highest BCUT2D eigenvalue weighted by Crippen LogP contribution is 2.43. The molecule has 1 atom stereocenters. The van der Waals surface area contributed by atoms with Crippen molar-refractivity contribution in [1.29, 1.82) is 0 Å². The van der Waals surface area contributed by atoms with Crippen molar-refractivity contribution < 1.29 is 9.84 Å². The maximum absolute atomic E-state index is 13.2. The van der Waals surface area contributed by atoms with Crippen LogP contribution in [0.15, 0.2) is 206 Å². The summed E-state index contributed by atoms with van der Waals surface area (Å²) in [5.41, 5.74) is 3.61. The molecule has 0 aliphatic carbocycles. The lowest BCUT2D eigenvalue weighted by Gasteiger charge is -2.38. The summed E-state index contributed by atoms with van der Waals surface area (Å²) in [5.74, 6) is 1.38. The summed E-state index contributed by atoms with van der Waals surface area (Å²) in [4.78, 5) is 0. The molecule has 0 aliphatic rings. The second-order valence-corrected chi connectivity index (χ2v) is 17.1. The smallest absolute Gasteiger partial charge is 0.157 e. The van der Waals surface area contributed by atoms with Gasteiger partial charge in [0, 0.05) is 29.2 Å². The van der Waals surface area contributed by atoms with Crippen LogP contribution >= 0.6 is 7.92 Å². The van der Waals surface area contributed by atoms with E-state index in [0.717, 1.165) is 55.2 Å². The Kier molecular flexibility index (Phi) is 11.0. The average molecular weight is 786 g/mol. The highest BCUT2D eigenvalue weighted by molar-refractivity contribution is 7.80. The van der Waals surface area contributed by atoms with Crippen molar-refractivity contribution in [1.82, 2.24) is 10.2 Å². The van der Waals surface area contributed by atoms with Crippen LogP contribution < -0.4 is 26.0 Å². The largest absolute Gasteiger partial charge is 0.497 e. The van der Waals surface area contributed by atoms with Crippen molar-refractivity contribution >= 4 is 51.2 Å². The van der Waals surface area contributed by atoms with Gasteiger partial charge >= 0.3 is 0 Å². The lowest BCUT2D eigenvalue weighted by atomic mass is 9.79. The van der Waals surface area contributed by atoms with E-state index in [2.05, 4.69) is 145 Å². The van der Waals surface area contributed by atoms with Gasteiger partial charge in [-0.3, -0.25) is 0 Å². The number of aliphatic hydroxyl groups is 1. The molecule has 0 saturated heterocycles. The SMILES string of the molecule is COc1ccc2ccc(P(c3ccccc3)c3ccccc3)c(-c3nnc(N[C@@H](c4ccccc4)C(O)(Cc4ccccc4)Cc4ccccc4)c4ccccc34)c2c1. The second kappa shape index (κ2) is 17.1. The Bertz CT molecular complexity index is 2720. The number of nitrogens with zero attached hydrogens (tertiary/aromatic N) is 2. The Labute approximate surface area is 346 Å². The number of ether oxygens (including phenoxy) is 1. The lowest BCUT2D eigenvalue weighted by molar-refractivity contribution is 0.0202. The monoisotopic (exact) mass is 785 g/mol. The highest BCUT2D eigenvalue weighted by atomic mass is 31.1. The fraction of sp³-hybridized carbons (Fsp3) is 0.0943. The summed E-state index contributed by atoms with van der Waals surface area (Å²) in [6.07, 6.45) is 0.838. The van der Waals surface area contributed by atoms with E-state index in [4.69, 9.17) is 14.9 Å². The Balaban J connectivity index is 1.25. The molecule has 9 aromatic rings. The van der Waals surface area contributed by atoms with Gasteiger partial charge in [-0.15, -0.1) is 10.2 Å². The molecular formula is C53H44N3O2P. The molecule has 1 aromatic heterocycles. The standard InChI is InChI=1S/C53H44N3O2P/c1-58-42-33-31-40-32-34-48(59(43-25-13-5-14-26-43)44-27-15-6-16-28-44)49(47(40)35-42)50-45-29-17-18-30-46(45)52(56-55-50)54-51(41-23-11-4-12-24-41)53(57,36-38-19-7-2-8-20-38)37-39-21-9-3-10-22-39/h2-35,51,57H,36-37H2,1H3,(H,54,56)/t51-/m0/s1. The average Bonchev–Trinajstić information content (AvgIpc) is 3.29. The van der Waals surface area contributed by atoms with Gasteiger partial charge in [-0.1, -0.05) is 194 Å². The number of benzene rings is 8. The molecule has 0 aliphatic heterocycles. The van der Waals surface area contributed by atoms with Crippen LogP contribution in [0.25, 0.3) is 32.8 Å². The van der Waals surface area contributed by atoms with E-state index >= 15 is 0 Å². The predicted molar refractivity (Wildman–Crippen MR) is 246 cm³/mol. The van der Waals surface area contributed by atoms with E-state index in [9.17, 15) is 5.11 Å². The van der Waals surface area contributed by atoms with Gasteiger partial charge in [0.1, 0.15) is 11.4 Å². The number of anilines is 1. The van der Waals surface area contributed by atoms with Crippen molar-refractivity contribution in [3.05, 3.63) is 223 Å². The van der Waals surface area contributed by atoms with Crippen molar-refractivity contribution in [2.24, 2.45) is 0 Å². The van der Waals surface area contributed by atoms with Crippen LogP contribution in [0.3, 0.4) is 0 Å². The van der Waals surface area contributed by atoms with E-state index < -0.39 is 19.6 Å². The molecule has 8 aromatic carbocycles. The van der Waals surface area contributed by atoms with Crippen LogP contribution in [-0.4, -0.2) is 28.0 Å². The molecule has 2 N–H and O–H groups in total. The second-order valence-electron chi connectivity index (χ2n) is 14.9. The first-order valence-electron chi connectivity index (χ1n) is 20.0. The Morgan fingerprint density at radius 3 is 1.64 bits per heavy atom. The van der Waals surface area contributed by atoms with Crippen LogP contribution in [0, 0.1) is 0 Å². The minimum atomic E-state index is -1.26. The van der Waals surface area contributed by atoms with Crippen molar-refractivity contribution in [3.8, 4) is 17.0 Å². The van der Waals surface area contributed by atoms with Gasteiger partial charge < -0.3 is 15.2 Å². The minimum Gasteiger partial charge on any atom is -0.497 e. The normalized spacial score (nSPS) is 12.1. The number of nitrogens with one attached hydrogen (secondary N) is 1. The summed E-state index contributed by atoms with van der Waals surface area (Å²) < 4.78 is 5.83. The first-order chi connectivity index (χ1) is 29.1. The number of aromatic nitrogens is 2. The quantitative estimate of drug-likeness (QED) is 0.114. The molecule has 0 amide bonds. The molecule has 0 radical (unpaired) electrons. The summed E-state index contributed by atoms with van der Waals surface area (Å²) in [7, 11) is 0.703. The molecule has 288 valence electrons. The first kappa shape index (κ1) is 37.9. The summed E-state index contributed by atoms with van der Waals surface area (Å²) in [6, 6.07) is 70.7. The van der Waals surface area contributed by atoms with Gasteiger partial charge in [0.05, 0.1) is 18.8 Å². The van der Waals surface area contributed by atoms with Crippen LogP contribution in [-0.2, 0) is 12.8 Å². The summed E-state index contributed by atoms with van der Waals surface area (Å²) in [5, 5.41) is 34.9. The summed E-state index contributed by atoms with van der Waals surface area (Å²) >= 11 is 0. The number of hydrogen-bond acceptors (Lipinski definition) is 5. The van der Waals surface area contributed by atoms with E-state index in [1.807, 2.05) is 66.7 Å². The van der Waals surface area contributed by atoms with Crippen molar-refractivity contribution in [3.63, 3.8) is 0 Å². The van der Waals surface area contributed by atoms with Gasteiger partial charge in [-0.05, 0) is 63.4 Å². The van der Waals surface area contributed by atoms with Crippen molar-refractivity contribution in [2.75, 3.05) is 12.4 Å². The van der Waals surface area contributed by atoms with E-state index in [1.165, 1.54) is 15.9 Å². The van der Waals surface area contributed by atoms with Crippen molar-refractivity contribution in [2.45, 2.75) is 24.5 Å². The molecule has 1 heterocycles. The molecule has 0 saturated carbocycles. The zero-order chi connectivity index (χ0) is 40.0. The van der Waals surface area contributed by atoms with E-state index in [1.54, 1.807) is 7.11 Å². The fourth-order valence-corrected chi connectivity index (χ4v) is 10.8. The zero-order valence-corrected chi connectivity index (χ0v) is 33.7. The van der Waals surface area contributed by atoms with Crippen LogP contribution in [0.2, 0.25) is 0 Å². The van der Waals surface area contributed by atoms with Gasteiger partial charge in [-0.2, -0.15) is 0 Å². The summed E-state index contributed by atoms with van der Waals surface area (Å²) in [6.45, 7) is 0. The number of fused-ring (bicyclic) bond motifs is 2. The van der Waals surface area contributed by atoms with E-state index in [0.29, 0.717) is 18.7 Å². The number of hydrogen-bond donors (Lipinski definition) is 2. The molecule has 6 heteroatoms. The third kappa shape index (κ3) is 7.96. The topological polar surface area (TPSA) is 67.3 Å². The molecule has 0 bridgehead atoms. The van der Waals surface area contributed by atoms with Gasteiger partial charge in [0.2, 0.25) is 0 Å². The highest BCUT2D eigenvalue weighted by Gasteiger charge is 2.39. The molecule has 0 fully saturated rings. The molecule has 5 nitrogen and oxygen atoms in total. The van der Waals surface area contributed by atoms with Crippen LogP contribution in [0.5, 0.6) is 5.75 Å². The van der Waals surface area contributed by atoms with E-state index in [-0.39, 0.29) is 0 Å². The minimum absolute atomic E-state index is 0.419. The third-order valence-electron chi connectivity index (χ3n) is 11.1. The molecule has 0 unspecified atom stereocenters. The maximum atomic E-state index is 13.2. The number of rotatable bonds is 13. The predicted octanol–water partition coefficient (Wildman–Crippen LogP) is 10.6. The third-order valence-corrected chi connectivity index (χ3v) is 13.5. The molecule has 9 rings (SSSR count). The van der Waals surface area contributed by atoms with Gasteiger partial charge in [0.25, 0.3) is 0 Å². The Hall–Kier alpha value is -6.65. The zero-order valence-electron chi connectivity index (χ0n) is 32.8. The molecule has 0 spiro atoms. The van der Waals surface area contributed by atoms with Gasteiger partial charge in [-0.25, -0.2) is 0 Å². The molecule has 59 heavy (non-hydrogen) atoms. The Morgan fingerprint density at radius 2 is 1.07 bits per heavy atom. The fourth-order valence-electron chi connectivity index (χ4n) is 8.30. The maximum Gasteiger partial charge on any atom is 0.157 e. The van der Waals surface area contributed by atoms with Gasteiger partial charge in [0.15, 0.2) is 5.82 Å². The number of methoxy groups -OCH3 is 1. The van der Waals surface area contributed by atoms with Crippen LogP contribution in [0.1, 0.15) is 22.7 Å². The first-order valence-corrected chi connectivity index (χ1v) is 21.3. The van der Waals surface area contributed by atoms with Crippen LogP contribution in [0.4, 0.5) is 5.82 Å². The lowest BCUT2D eigenvalue weighted by Crippen LogP contribution is -2.44. The molecular weight excluding hydrogens is 742 g/mol.